The quantitative estimate of drug-likeness (QED) is 0.807. The molecule has 1 amide bonds. The zero-order valence-corrected chi connectivity index (χ0v) is 11.9. The number of nitrogens with one attached hydrogen (secondary N) is 1. The van der Waals surface area contributed by atoms with Crippen molar-refractivity contribution in [2.24, 2.45) is 0 Å². The van der Waals surface area contributed by atoms with Crippen LogP contribution in [-0.2, 0) is 0 Å². The van der Waals surface area contributed by atoms with Crippen LogP contribution in [0.5, 0.6) is 0 Å². The maximum Gasteiger partial charge on any atom is 0.257 e. The molecule has 0 saturated heterocycles. The first-order chi connectivity index (χ1) is 8.97. The van der Waals surface area contributed by atoms with E-state index < -0.39 is 11.7 Å². The molecule has 0 aromatic heterocycles. The number of hydrogen-bond acceptors (Lipinski definition) is 2. The zero-order valence-electron chi connectivity index (χ0n) is 9.58. The lowest BCUT2D eigenvalue weighted by Gasteiger charge is -2.09. The molecule has 0 fully saturated rings. The normalized spacial score (nSPS) is 10.3. The number of nitrogens with two attached hydrogens (primary N) is 1. The van der Waals surface area contributed by atoms with Gasteiger partial charge in [0.25, 0.3) is 5.91 Å². The van der Waals surface area contributed by atoms with Gasteiger partial charge in [-0.05, 0) is 36.4 Å². The summed E-state index contributed by atoms with van der Waals surface area (Å²) in [5, 5.41) is 2.71. The summed E-state index contributed by atoms with van der Waals surface area (Å²) in [5.74, 6) is -0.871. The summed E-state index contributed by atoms with van der Waals surface area (Å²) in [6, 6.07) is 8.66. The van der Waals surface area contributed by atoms with Gasteiger partial charge >= 0.3 is 0 Å². The Hall–Kier alpha value is -1.59. The standard InChI is InChI=1S/C13H9BrClFN2O/c14-7-1-3-9(11(17)5-7)13(19)18-12-4-2-8(16)6-10(12)15/h1-6H,17H2,(H,18,19). The molecule has 19 heavy (non-hydrogen) atoms. The molecule has 2 rings (SSSR count). The lowest BCUT2D eigenvalue weighted by molar-refractivity contribution is 0.102. The monoisotopic (exact) mass is 342 g/mol. The molecule has 3 nitrogen and oxygen atoms in total. The number of carbonyl (C=O) groups is 1. The smallest absolute Gasteiger partial charge is 0.257 e. The Kier molecular flexibility index (Phi) is 4.07. The fourth-order valence-corrected chi connectivity index (χ4v) is 2.11. The van der Waals surface area contributed by atoms with Crippen LogP contribution in [0.4, 0.5) is 15.8 Å². The zero-order chi connectivity index (χ0) is 14.0. The van der Waals surface area contributed by atoms with Crippen molar-refractivity contribution >= 4 is 44.8 Å². The number of nitrogen functional groups attached to an aromatic ring is 1. The van der Waals surface area contributed by atoms with Gasteiger partial charge in [0.2, 0.25) is 0 Å². The maximum atomic E-state index is 12.9. The topological polar surface area (TPSA) is 55.1 Å². The summed E-state index contributed by atoms with van der Waals surface area (Å²) >= 11 is 9.09. The van der Waals surface area contributed by atoms with Crippen molar-refractivity contribution in [1.29, 1.82) is 0 Å². The average Bonchev–Trinajstić information content (AvgIpc) is 2.32. The summed E-state index contributed by atoms with van der Waals surface area (Å²) < 4.78 is 13.7. The number of amides is 1. The summed E-state index contributed by atoms with van der Waals surface area (Å²) in [5.41, 5.74) is 6.74. The molecular formula is C13H9BrClFN2O. The van der Waals surface area contributed by atoms with E-state index >= 15 is 0 Å². The third kappa shape index (κ3) is 3.24. The first-order valence-electron chi connectivity index (χ1n) is 5.29. The number of carbonyl (C=O) groups excluding carboxylic acids is 1. The third-order valence-electron chi connectivity index (χ3n) is 2.44. The van der Waals surface area contributed by atoms with Gasteiger partial charge in [0.15, 0.2) is 0 Å². The molecule has 98 valence electrons. The highest BCUT2D eigenvalue weighted by Crippen LogP contribution is 2.24. The van der Waals surface area contributed by atoms with Gasteiger partial charge in [-0.15, -0.1) is 0 Å². The summed E-state index contributed by atoms with van der Waals surface area (Å²) in [6.45, 7) is 0. The minimum atomic E-state index is -0.467. The summed E-state index contributed by atoms with van der Waals surface area (Å²) in [7, 11) is 0. The van der Waals surface area contributed by atoms with E-state index in [0.29, 0.717) is 16.9 Å². The van der Waals surface area contributed by atoms with E-state index in [2.05, 4.69) is 21.2 Å². The second kappa shape index (κ2) is 5.59. The minimum absolute atomic E-state index is 0.129. The molecule has 0 aliphatic rings. The summed E-state index contributed by atoms with van der Waals surface area (Å²) in [4.78, 5) is 12.0. The second-order valence-electron chi connectivity index (χ2n) is 3.81. The second-order valence-corrected chi connectivity index (χ2v) is 5.13. The van der Waals surface area contributed by atoms with E-state index in [-0.39, 0.29) is 5.02 Å². The molecule has 0 saturated carbocycles. The SMILES string of the molecule is Nc1cc(Br)ccc1C(=O)Nc1ccc(F)cc1Cl. The minimum Gasteiger partial charge on any atom is -0.398 e. The molecule has 0 heterocycles. The molecule has 0 spiro atoms. The molecule has 0 aliphatic heterocycles. The molecular weight excluding hydrogens is 335 g/mol. The van der Waals surface area contributed by atoms with Crippen LogP contribution < -0.4 is 11.1 Å². The predicted octanol–water partition coefficient (Wildman–Crippen LogP) is 4.08. The first-order valence-corrected chi connectivity index (χ1v) is 6.46. The van der Waals surface area contributed by atoms with Crippen LogP contribution in [-0.4, -0.2) is 5.91 Å². The number of anilines is 2. The Labute approximate surface area is 122 Å². The molecule has 2 aromatic carbocycles. The van der Waals surface area contributed by atoms with E-state index in [1.807, 2.05) is 0 Å². The van der Waals surface area contributed by atoms with E-state index in [4.69, 9.17) is 17.3 Å². The largest absolute Gasteiger partial charge is 0.398 e. The highest BCUT2D eigenvalue weighted by molar-refractivity contribution is 9.10. The molecule has 6 heteroatoms. The lowest BCUT2D eigenvalue weighted by atomic mass is 10.1. The van der Waals surface area contributed by atoms with Gasteiger partial charge in [-0.1, -0.05) is 27.5 Å². The Morgan fingerprint density at radius 3 is 2.63 bits per heavy atom. The van der Waals surface area contributed by atoms with Gasteiger partial charge in [0.05, 0.1) is 16.3 Å². The van der Waals surface area contributed by atoms with Crippen LogP contribution in [0.1, 0.15) is 10.4 Å². The highest BCUT2D eigenvalue weighted by Gasteiger charge is 2.12. The Balaban J connectivity index is 2.25. The number of rotatable bonds is 2. The fraction of sp³-hybridized carbons (Fsp3) is 0. The third-order valence-corrected chi connectivity index (χ3v) is 3.24. The molecule has 2 aromatic rings. The Morgan fingerprint density at radius 1 is 1.26 bits per heavy atom. The van der Waals surface area contributed by atoms with Crippen molar-refractivity contribution in [1.82, 2.24) is 0 Å². The number of halogens is 3. The van der Waals surface area contributed by atoms with Crippen LogP contribution >= 0.6 is 27.5 Å². The molecule has 0 bridgehead atoms. The fourth-order valence-electron chi connectivity index (χ4n) is 1.52. The molecule has 0 atom stereocenters. The van der Waals surface area contributed by atoms with Crippen molar-refractivity contribution in [3.63, 3.8) is 0 Å². The first kappa shape index (κ1) is 13.8. The molecule has 3 N–H and O–H groups in total. The van der Waals surface area contributed by atoms with Gasteiger partial charge in [0.1, 0.15) is 5.82 Å². The number of benzene rings is 2. The van der Waals surface area contributed by atoms with Gasteiger partial charge in [-0.25, -0.2) is 4.39 Å². The van der Waals surface area contributed by atoms with Gasteiger partial charge in [-0.2, -0.15) is 0 Å². The van der Waals surface area contributed by atoms with E-state index in [1.54, 1.807) is 18.2 Å². The van der Waals surface area contributed by atoms with Gasteiger partial charge in [-0.3, -0.25) is 4.79 Å². The predicted molar refractivity (Wildman–Crippen MR) is 77.9 cm³/mol. The van der Waals surface area contributed by atoms with Crippen LogP contribution in [0.3, 0.4) is 0 Å². The Morgan fingerprint density at radius 2 is 2.00 bits per heavy atom. The van der Waals surface area contributed by atoms with E-state index in [1.165, 1.54) is 12.1 Å². The average molecular weight is 344 g/mol. The Bertz CT molecular complexity index is 649. The van der Waals surface area contributed by atoms with E-state index in [9.17, 15) is 9.18 Å². The van der Waals surface area contributed by atoms with Crippen LogP contribution in [0.15, 0.2) is 40.9 Å². The van der Waals surface area contributed by atoms with Crippen LogP contribution in [0.25, 0.3) is 0 Å². The van der Waals surface area contributed by atoms with Gasteiger partial charge < -0.3 is 11.1 Å². The number of hydrogen-bond donors (Lipinski definition) is 2. The molecule has 0 aliphatic carbocycles. The van der Waals surface area contributed by atoms with Crippen molar-refractivity contribution in [3.8, 4) is 0 Å². The van der Waals surface area contributed by atoms with Crippen LogP contribution in [0.2, 0.25) is 5.02 Å². The molecule has 0 radical (unpaired) electrons. The van der Waals surface area contributed by atoms with Crippen LogP contribution in [0, 0.1) is 5.82 Å². The molecule has 0 unspecified atom stereocenters. The van der Waals surface area contributed by atoms with Crippen molar-refractivity contribution in [3.05, 3.63) is 57.3 Å². The van der Waals surface area contributed by atoms with Crippen molar-refractivity contribution in [2.75, 3.05) is 11.1 Å². The van der Waals surface area contributed by atoms with Crippen molar-refractivity contribution < 1.29 is 9.18 Å². The highest BCUT2D eigenvalue weighted by atomic mass is 79.9. The van der Waals surface area contributed by atoms with Gasteiger partial charge in [0, 0.05) is 10.2 Å². The lowest BCUT2D eigenvalue weighted by Crippen LogP contribution is -2.14. The van der Waals surface area contributed by atoms with E-state index in [0.717, 1.165) is 10.5 Å². The van der Waals surface area contributed by atoms with Crippen molar-refractivity contribution in [2.45, 2.75) is 0 Å². The maximum absolute atomic E-state index is 12.9. The summed E-state index contributed by atoms with van der Waals surface area (Å²) in [6.07, 6.45) is 0.